The summed E-state index contributed by atoms with van der Waals surface area (Å²) in [5.74, 6) is 1.12. The third-order valence-corrected chi connectivity index (χ3v) is 4.42. The molecule has 0 saturated carbocycles. The van der Waals surface area contributed by atoms with Gasteiger partial charge in [0.15, 0.2) is 0 Å². The van der Waals surface area contributed by atoms with Crippen LogP contribution in [0.25, 0.3) is 11.5 Å². The van der Waals surface area contributed by atoms with E-state index in [-0.39, 0.29) is 11.9 Å². The number of amides is 1. The molecule has 0 fully saturated rings. The van der Waals surface area contributed by atoms with Crippen LogP contribution in [0.5, 0.6) is 0 Å². The van der Waals surface area contributed by atoms with Crippen LogP contribution in [0, 0.1) is 0 Å². The summed E-state index contributed by atoms with van der Waals surface area (Å²) >= 11 is 3.27. The highest BCUT2D eigenvalue weighted by molar-refractivity contribution is 7.99. The van der Waals surface area contributed by atoms with Crippen molar-refractivity contribution >= 4 is 35.0 Å². The number of aromatic nitrogens is 2. The fraction of sp³-hybridized carbons (Fsp3) is 0.133. The molecule has 0 spiro atoms. The highest BCUT2D eigenvalue weighted by atomic mass is 32.2. The lowest BCUT2D eigenvalue weighted by Crippen LogP contribution is -2.11. The van der Waals surface area contributed by atoms with Gasteiger partial charge in [-0.25, -0.2) is 0 Å². The molecule has 1 N–H and O–H groups in total. The number of thiophene rings is 1. The second kappa shape index (κ2) is 6.76. The number of carbonyl (C=O) groups excluding carboxylic acids is 1. The molecule has 0 saturated heterocycles. The molecule has 5 nitrogen and oxygen atoms in total. The molecule has 112 valence electrons. The number of carbonyl (C=O) groups is 1. The highest BCUT2D eigenvalue weighted by Gasteiger charge is 2.13. The van der Waals surface area contributed by atoms with Gasteiger partial charge in [-0.05, 0) is 41.5 Å². The zero-order valence-electron chi connectivity index (χ0n) is 11.8. The van der Waals surface area contributed by atoms with Crippen molar-refractivity contribution in [2.24, 2.45) is 0 Å². The van der Waals surface area contributed by atoms with E-state index in [0.717, 1.165) is 16.2 Å². The van der Waals surface area contributed by atoms with Gasteiger partial charge in [0.05, 0.1) is 0 Å². The van der Waals surface area contributed by atoms with Crippen molar-refractivity contribution in [2.45, 2.75) is 11.8 Å². The Bertz CT molecular complexity index is 751. The third kappa shape index (κ3) is 3.37. The average Bonchev–Trinajstić information content (AvgIpc) is 3.19. The molecule has 0 atom stereocenters. The normalized spacial score (nSPS) is 10.6. The predicted octanol–water partition coefficient (Wildman–Crippen LogP) is 4.16. The number of thioether (sulfide) groups is 1. The van der Waals surface area contributed by atoms with Crippen LogP contribution in [-0.4, -0.2) is 21.9 Å². The number of nitrogens with zero attached hydrogens (tertiary/aromatic N) is 2. The molecule has 1 amide bonds. The number of nitrogens with one attached hydrogen (secondary N) is 1. The standard InChI is InChI=1S/C15H13N3O2S2/c1-2-22-12-5-3-10(4-6-12)13(19)16-15-18-17-14(20-15)11-7-8-21-9-11/h3-9H,2H2,1H3,(H,16,18,19). The molecule has 0 aliphatic rings. The Balaban J connectivity index is 1.69. The van der Waals surface area contributed by atoms with Gasteiger partial charge in [-0.3, -0.25) is 10.1 Å². The first-order valence-corrected chi connectivity index (χ1v) is 8.59. The van der Waals surface area contributed by atoms with Crippen molar-refractivity contribution in [3.63, 3.8) is 0 Å². The molecule has 0 aliphatic carbocycles. The van der Waals surface area contributed by atoms with Gasteiger partial charge in [0.1, 0.15) is 0 Å². The third-order valence-electron chi connectivity index (χ3n) is 2.84. The van der Waals surface area contributed by atoms with Gasteiger partial charge in [0, 0.05) is 21.4 Å². The number of hydrogen-bond acceptors (Lipinski definition) is 6. The van der Waals surface area contributed by atoms with Crippen LogP contribution in [0.15, 0.2) is 50.4 Å². The minimum atomic E-state index is -0.270. The Hall–Kier alpha value is -2.12. The first kappa shape index (κ1) is 14.8. The molecular weight excluding hydrogens is 318 g/mol. The number of anilines is 1. The van der Waals surface area contributed by atoms with E-state index in [2.05, 4.69) is 22.4 Å². The first-order valence-electron chi connectivity index (χ1n) is 6.66. The van der Waals surface area contributed by atoms with Gasteiger partial charge in [-0.15, -0.1) is 16.9 Å². The van der Waals surface area contributed by atoms with Crippen molar-refractivity contribution in [3.8, 4) is 11.5 Å². The molecule has 1 aromatic carbocycles. The van der Waals surface area contributed by atoms with Gasteiger partial charge in [0.25, 0.3) is 11.8 Å². The number of hydrogen-bond donors (Lipinski definition) is 1. The van der Waals surface area contributed by atoms with Crippen LogP contribution >= 0.6 is 23.1 Å². The Morgan fingerprint density at radius 2 is 2.09 bits per heavy atom. The summed E-state index contributed by atoms with van der Waals surface area (Å²) in [4.78, 5) is 13.3. The lowest BCUT2D eigenvalue weighted by Gasteiger charge is -2.02. The van der Waals surface area contributed by atoms with Gasteiger partial charge < -0.3 is 4.42 Å². The van der Waals surface area contributed by atoms with E-state index < -0.39 is 0 Å². The van der Waals surface area contributed by atoms with Crippen LogP contribution in [0.4, 0.5) is 6.01 Å². The minimum Gasteiger partial charge on any atom is -0.403 e. The topological polar surface area (TPSA) is 68.0 Å². The minimum absolute atomic E-state index is 0.0956. The fourth-order valence-electron chi connectivity index (χ4n) is 1.82. The number of rotatable bonds is 5. The van der Waals surface area contributed by atoms with Crippen molar-refractivity contribution in [1.82, 2.24) is 10.2 Å². The van der Waals surface area contributed by atoms with Crippen molar-refractivity contribution in [1.29, 1.82) is 0 Å². The van der Waals surface area contributed by atoms with E-state index in [9.17, 15) is 4.79 Å². The van der Waals surface area contributed by atoms with Crippen LogP contribution in [-0.2, 0) is 0 Å². The molecule has 0 radical (unpaired) electrons. The van der Waals surface area contributed by atoms with E-state index in [4.69, 9.17) is 4.42 Å². The zero-order chi connectivity index (χ0) is 15.4. The van der Waals surface area contributed by atoms with Gasteiger partial charge in [0.2, 0.25) is 0 Å². The highest BCUT2D eigenvalue weighted by Crippen LogP contribution is 2.22. The van der Waals surface area contributed by atoms with Crippen molar-refractivity contribution in [2.75, 3.05) is 11.1 Å². The van der Waals surface area contributed by atoms with Gasteiger partial charge in [-0.1, -0.05) is 12.0 Å². The molecule has 3 rings (SSSR count). The summed E-state index contributed by atoms with van der Waals surface area (Å²) in [6.07, 6.45) is 0. The van der Waals surface area contributed by atoms with Crippen LogP contribution in [0.1, 0.15) is 17.3 Å². The fourth-order valence-corrected chi connectivity index (χ4v) is 3.11. The van der Waals surface area contributed by atoms with E-state index in [1.807, 2.05) is 29.0 Å². The Kier molecular flexibility index (Phi) is 4.55. The first-order chi connectivity index (χ1) is 10.8. The van der Waals surface area contributed by atoms with E-state index in [0.29, 0.717) is 11.5 Å². The maximum Gasteiger partial charge on any atom is 0.322 e. The predicted molar refractivity (Wildman–Crippen MR) is 88.4 cm³/mol. The van der Waals surface area contributed by atoms with Crippen molar-refractivity contribution < 1.29 is 9.21 Å². The number of benzene rings is 1. The molecule has 0 unspecified atom stereocenters. The monoisotopic (exact) mass is 331 g/mol. The maximum absolute atomic E-state index is 12.1. The smallest absolute Gasteiger partial charge is 0.322 e. The quantitative estimate of drug-likeness (QED) is 0.711. The molecule has 2 heterocycles. The zero-order valence-corrected chi connectivity index (χ0v) is 13.4. The summed E-state index contributed by atoms with van der Waals surface area (Å²) in [6.45, 7) is 2.09. The van der Waals surface area contributed by atoms with Crippen LogP contribution in [0.3, 0.4) is 0 Å². The summed E-state index contributed by atoms with van der Waals surface area (Å²) in [7, 11) is 0. The molecular formula is C15H13N3O2S2. The molecule has 0 aliphatic heterocycles. The SMILES string of the molecule is CCSc1ccc(C(=O)Nc2nnc(-c3ccsc3)o2)cc1. The van der Waals surface area contributed by atoms with E-state index >= 15 is 0 Å². The maximum atomic E-state index is 12.1. The Labute approximate surface area is 135 Å². The molecule has 0 bridgehead atoms. The second-order valence-corrected chi connectivity index (χ2v) is 6.45. The Morgan fingerprint density at radius 1 is 1.27 bits per heavy atom. The van der Waals surface area contributed by atoms with Gasteiger partial charge >= 0.3 is 6.01 Å². The summed E-state index contributed by atoms with van der Waals surface area (Å²) in [5, 5.41) is 14.2. The lowest BCUT2D eigenvalue weighted by atomic mass is 10.2. The summed E-state index contributed by atoms with van der Waals surface area (Å²) < 4.78 is 5.43. The van der Waals surface area contributed by atoms with Crippen LogP contribution < -0.4 is 5.32 Å². The largest absolute Gasteiger partial charge is 0.403 e. The van der Waals surface area contributed by atoms with Gasteiger partial charge in [-0.2, -0.15) is 11.3 Å². The average molecular weight is 331 g/mol. The molecule has 7 heteroatoms. The molecule has 22 heavy (non-hydrogen) atoms. The molecule has 2 aromatic heterocycles. The Morgan fingerprint density at radius 3 is 2.77 bits per heavy atom. The van der Waals surface area contributed by atoms with E-state index in [1.54, 1.807) is 35.2 Å². The summed E-state index contributed by atoms with van der Waals surface area (Å²) in [5.41, 5.74) is 1.40. The molecule has 3 aromatic rings. The van der Waals surface area contributed by atoms with E-state index in [1.165, 1.54) is 0 Å². The van der Waals surface area contributed by atoms with Crippen LogP contribution in [0.2, 0.25) is 0 Å². The lowest BCUT2D eigenvalue weighted by molar-refractivity contribution is 0.102. The van der Waals surface area contributed by atoms with Crippen molar-refractivity contribution in [3.05, 3.63) is 46.7 Å². The second-order valence-electron chi connectivity index (χ2n) is 4.34. The summed E-state index contributed by atoms with van der Waals surface area (Å²) in [6, 6.07) is 9.39.